The number of esters is 1. The number of hydrogen-bond acceptors (Lipinski definition) is 6. The molecular weight excluding hydrogens is 792 g/mol. The molecule has 0 saturated carbocycles. The highest BCUT2D eigenvalue weighted by Crippen LogP contribution is 2.31. The smallest absolute Gasteiger partial charge is 0.337 e. The van der Waals surface area contributed by atoms with Gasteiger partial charge in [0.15, 0.2) is 0 Å². The number of carbonyl (C=O) groups excluding carboxylic acids is 4. The molecule has 3 aliphatic heterocycles. The van der Waals surface area contributed by atoms with E-state index < -0.39 is 6.04 Å². The number of halogens is 2. The molecule has 3 heterocycles. The molecule has 276 valence electrons. The minimum Gasteiger partial charge on any atom is -0.465 e. The van der Waals surface area contributed by atoms with E-state index in [0.29, 0.717) is 69.2 Å². The molecular formula is C39H46Br2N6O5. The van der Waals surface area contributed by atoms with E-state index in [2.05, 4.69) is 42.5 Å². The summed E-state index contributed by atoms with van der Waals surface area (Å²) in [6.45, 7) is 2.86. The first-order valence-electron chi connectivity index (χ1n) is 18.0. The summed E-state index contributed by atoms with van der Waals surface area (Å²) in [4.78, 5) is 58.3. The monoisotopic (exact) mass is 836 g/mol. The first-order valence-corrected chi connectivity index (χ1v) is 19.6. The Hall–Kier alpha value is -4.10. The third kappa shape index (κ3) is 9.09. The Morgan fingerprint density at radius 3 is 2.23 bits per heavy atom. The maximum Gasteiger partial charge on any atom is 0.337 e. The number of methoxy groups -OCH3 is 1. The zero-order valence-electron chi connectivity index (χ0n) is 29.4. The van der Waals surface area contributed by atoms with Crippen molar-refractivity contribution in [1.82, 2.24) is 20.0 Å². The van der Waals surface area contributed by atoms with E-state index in [-0.39, 0.29) is 30.0 Å². The van der Waals surface area contributed by atoms with Gasteiger partial charge in [-0.25, -0.2) is 14.4 Å². The number of nitrogens with one attached hydrogen (secondary N) is 2. The summed E-state index contributed by atoms with van der Waals surface area (Å²) in [5.41, 5.74) is 11.3. The molecule has 0 aliphatic carbocycles. The molecule has 6 rings (SSSR count). The average Bonchev–Trinajstić information content (AvgIpc) is 3.33. The van der Waals surface area contributed by atoms with Gasteiger partial charge in [0.2, 0.25) is 5.91 Å². The molecule has 52 heavy (non-hydrogen) atoms. The number of amides is 5. The van der Waals surface area contributed by atoms with Crippen molar-refractivity contribution in [3.8, 4) is 0 Å². The van der Waals surface area contributed by atoms with Gasteiger partial charge in [-0.05, 0) is 130 Å². The quantitative estimate of drug-likeness (QED) is 0.164. The molecule has 4 N–H and O–H groups in total. The van der Waals surface area contributed by atoms with Crippen LogP contribution < -0.4 is 16.4 Å². The number of nitrogens with two attached hydrogens (primary N) is 1. The molecule has 1 atom stereocenters. The number of piperidine rings is 2. The van der Waals surface area contributed by atoms with E-state index in [1.165, 1.54) is 12.7 Å². The molecule has 3 aromatic rings. The normalized spacial score (nSPS) is 17.5. The van der Waals surface area contributed by atoms with Crippen LogP contribution in [0.15, 0.2) is 69.6 Å². The first-order chi connectivity index (χ1) is 25.1. The van der Waals surface area contributed by atoms with Crippen LogP contribution in [0, 0.1) is 5.92 Å². The fourth-order valence-electron chi connectivity index (χ4n) is 7.51. The van der Waals surface area contributed by atoms with Crippen LogP contribution in [0.4, 0.5) is 21.0 Å². The van der Waals surface area contributed by atoms with Crippen LogP contribution in [-0.2, 0) is 28.8 Å². The highest BCUT2D eigenvalue weighted by Gasteiger charge is 2.34. The lowest BCUT2D eigenvalue weighted by atomic mass is 9.90. The summed E-state index contributed by atoms with van der Waals surface area (Å²) in [5, 5.41) is 6.15. The molecule has 0 bridgehead atoms. The molecule has 0 spiro atoms. The van der Waals surface area contributed by atoms with E-state index in [1.807, 2.05) is 58.3 Å². The highest BCUT2D eigenvalue weighted by molar-refractivity contribution is 9.11. The van der Waals surface area contributed by atoms with Gasteiger partial charge in [0.25, 0.3) is 0 Å². The number of hydrogen-bond donors (Lipinski definition) is 3. The fourth-order valence-corrected chi connectivity index (χ4v) is 8.79. The van der Waals surface area contributed by atoms with Crippen molar-refractivity contribution in [2.75, 3.05) is 50.9 Å². The molecule has 5 amide bonds. The second-order valence-electron chi connectivity index (χ2n) is 13.9. The summed E-state index contributed by atoms with van der Waals surface area (Å²) in [6.07, 6.45) is 6.08. The number of nitrogen functional groups attached to an aromatic ring is 1. The van der Waals surface area contributed by atoms with Crippen LogP contribution in [0.1, 0.15) is 59.2 Å². The number of nitrogens with zero attached hydrogens (tertiary/aromatic N) is 3. The van der Waals surface area contributed by atoms with Gasteiger partial charge in [-0.3, -0.25) is 4.79 Å². The second kappa shape index (κ2) is 17.2. The molecule has 0 unspecified atom stereocenters. The molecule has 3 aromatic carbocycles. The number of likely N-dealkylation sites (tertiary alicyclic amines) is 2. The number of benzene rings is 3. The van der Waals surface area contributed by atoms with E-state index in [1.54, 1.807) is 17.0 Å². The predicted molar refractivity (Wildman–Crippen MR) is 208 cm³/mol. The number of para-hydroxylation sites is 1. The van der Waals surface area contributed by atoms with E-state index >= 15 is 0 Å². The molecule has 0 aromatic heterocycles. The predicted octanol–water partition coefficient (Wildman–Crippen LogP) is 6.63. The van der Waals surface area contributed by atoms with E-state index in [0.717, 1.165) is 57.9 Å². The number of ether oxygens (including phenoxy) is 1. The Morgan fingerprint density at radius 2 is 1.56 bits per heavy atom. The summed E-state index contributed by atoms with van der Waals surface area (Å²) in [5.74, 6) is 0.0398. The van der Waals surface area contributed by atoms with Gasteiger partial charge in [0.1, 0.15) is 6.04 Å². The first kappa shape index (κ1) is 37.7. The van der Waals surface area contributed by atoms with Gasteiger partial charge in [0.05, 0.1) is 18.4 Å². The minimum absolute atomic E-state index is 0.0285. The van der Waals surface area contributed by atoms with Crippen LogP contribution in [0.2, 0.25) is 0 Å². The van der Waals surface area contributed by atoms with Crippen molar-refractivity contribution in [3.63, 3.8) is 0 Å². The fraction of sp³-hybridized carbons (Fsp3) is 0.436. The van der Waals surface area contributed by atoms with E-state index in [9.17, 15) is 19.2 Å². The largest absolute Gasteiger partial charge is 0.465 e. The Labute approximate surface area is 321 Å². The lowest BCUT2D eigenvalue weighted by Gasteiger charge is -2.39. The number of fused-ring (bicyclic) bond motifs is 1. The van der Waals surface area contributed by atoms with Crippen molar-refractivity contribution in [2.45, 2.75) is 63.5 Å². The standard InChI is InChI=1S/C39H46Br2N6O5/c1-52-37(49)29-10-8-25(9-11-29)6-7-26-12-17-45(18-13-26)36(48)34(24-27-22-31(40)35(42)32(41)23-27)44-38(50)46-19-15-30(16-20-46)47-21-14-28-4-2-3-5-33(28)43-39(47)51/h2-5,8-11,22-23,26,30,34H,6-7,12-21,24,42H2,1H3,(H,43,51)(H,44,50)/t34-/m1/s1. The van der Waals surface area contributed by atoms with Gasteiger partial charge in [-0.1, -0.05) is 30.3 Å². The SMILES string of the molecule is COC(=O)c1ccc(CCC2CCN(C(=O)[C@@H](Cc3cc(Br)c(N)c(Br)c3)NC(=O)N3CCC(N4CCc5ccccc5NC4=O)CC3)CC2)cc1. The van der Waals surface area contributed by atoms with Crippen molar-refractivity contribution < 1.29 is 23.9 Å². The molecule has 3 aliphatic rings. The van der Waals surface area contributed by atoms with Crippen LogP contribution in [0.5, 0.6) is 0 Å². The highest BCUT2D eigenvalue weighted by atomic mass is 79.9. The summed E-state index contributed by atoms with van der Waals surface area (Å²) < 4.78 is 6.24. The van der Waals surface area contributed by atoms with Gasteiger partial charge in [0, 0.05) is 59.8 Å². The van der Waals surface area contributed by atoms with Crippen molar-refractivity contribution in [1.29, 1.82) is 0 Å². The van der Waals surface area contributed by atoms with Crippen molar-refractivity contribution >= 4 is 67.2 Å². The Kier molecular flexibility index (Phi) is 12.4. The van der Waals surface area contributed by atoms with Crippen LogP contribution in [0.25, 0.3) is 0 Å². The number of anilines is 2. The maximum atomic E-state index is 14.1. The van der Waals surface area contributed by atoms with Crippen LogP contribution in [-0.4, -0.2) is 90.6 Å². The maximum absolute atomic E-state index is 14.1. The zero-order valence-corrected chi connectivity index (χ0v) is 32.6. The summed E-state index contributed by atoms with van der Waals surface area (Å²) in [6, 6.07) is 18.1. The van der Waals surface area contributed by atoms with E-state index in [4.69, 9.17) is 10.5 Å². The average molecular weight is 839 g/mol. The molecule has 0 radical (unpaired) electrons. The topological polar surface area (TPSA) is 137 Å². The molecule has 2 fully saturated rings. The third-order valence-electron chi connectivity index (χ3n) is 10.7. The zero-order chi connectivity index (χ0) is 36.8. The number of carbonyl (C=O) groups is 4. The lowest BCUT2D eigenvalue weighted by molar-refractivity contribution is -0.134. The number of urea groups is 2. The van der Waals surface area contributed by atoms with Crippen molar-refractivity contribution in [2.24, 2.45) is 5.92 Å². The number of rotatable bonds is 9. The second-order valence-corrected chi connectivity index (χ2v) is 15.6. The summed E-state index contributed by atoms with van der Waals surface area (Å²) >= 11 is 7.04. The Bertz CT molecular complexity index is 1750. The van der Waals surface area contributed by atoms with Crippen LogP contribution >= 0.6 is 31.9 Å². The Morgan fingerprint density at radius 1 is 0.904 bits per heavy atom. The van der Waals surface area contributed by atoms with Gasteiger partial charge >= 0.3 is 18.0 Å². The van der Waals surface area contributed by atoms with Crippen molar-refractivity contribution in [3.05, 3.63) is 91.9 Å². The Balaban J connectivity index is 1.05. The molecule has 2 saturated heterocycles. The molecule has 11 nitrogen and oxygen atoms in total. The van der Waals surface area contributed by atoms with Crippen LogP contribution in [0.3, 0.4) is 0 Å². The summed E-state index contributed by atoms with van der Waals surface area (Å²) in [7, 11) is 1.38. The minimum atomic E-state index is -0.757. The number of aryl methyl sites for hydroxylation is 1. The third-order valence-corrected chi connectivity index (χ3v) is 12.0. The van der Waals surface area contributed by atoms with Gasteiger partial charge in [-0.15, -0.1) is 0 Å². The lowest BCUT2D eigenvalue weighted by Crippen LogP contribution is -2.56. The molecule has 13 heteroatoms. The van der Waals surface area contributed by atoms with Gasteiger partial charge in [-0.2, -0.15) is 0 Å². The van der Waals surface area contributed by atoms with Gasteiger partial charge < -0.3 is 35.8 Å².